The van der Waals surface area contributed by atoms with Gasteiger partial charge in [-0.2, -0.15) is 0 Å². The summed E-state index contributed by atoms with van der Waals surface area (Å²) >= 11 is 2.28. The number of aromatic nitrogens is 1. The van der Waals surface area contributed by atoms with Gasteiger partial charge < -0.3 is 5.11 Å². The van der Waals surface area contributed by atoms with E-state index < -0.39 is 23.6 Å². The van der Waals surface area contributed by atoms with E-state index in [2.05, 4.69) is 31.1 Å². The van der Waals surface area contributed by atoms with Crippen molar-refractivity contribution in [3.63, 3.8) is 0 Å². The van der Waals surface area contributed by atoms with Gasteiger partial charge in [-0.15, -0.1) is 11.8 Å². The Labute approximate surface area is 200 Å². The molecule has 0 saturated heterocycles. The fraction of sp³-hybridized carbons (Fsp3) is 0.522. The van der Waals surface area contributed by atoms with Crippen LogP contribution in [0.2, 0.25) is 0 Å². The molecule has 1 aromatic heterocycles. The molecule has 10 heteroatoms. The Hall–Kier alpha value is -2.20. The van der Waals surface area contributed by atoms with E-state index in [9.17, 15) is 18.4 Å². The molecular formula is C23H29F2N3O3S2. The highest BCUT2D eigenvalue weighted by Gasteiger charge is 2.31. The molecule has 0 bridgehead atoms. The molecule has 0 unspecified atom stereocenters. The van der Waals surface area contributed by atoms with Crippen LogP contribution in [0.5, 0.6) is 0 Å². The summed E-state index contributed by atoms with van der Waals surface area (Å²) in [7, 11) is 0. The number of thiazole rings is 1. The molecule has 180 valence electrons. The molecule has 2 amide bonds. The van der Waals surface area contributed by atoms with Crippen LogP contribution in [0, 0.1) is 28.9 Å². The molecule has 0 aliphatic heterocycles. The lowest BCUT2D eigenvalue weighted by Crippen LogP contribution is -2.40. The first-order valence-corrected chi connectivity index (χ1v) is 12.7. The Balaban J connectivity index is 1.72. The van der Waals surface area contributed by atoms with Crippen LogP contribution in [0.15, 0.2) is 28.6 Å². The molecule has 2 N–H and O–H groups in total. The number of hydrogen-bond donors (Lipinski definition) is 2. The maximum Gasteiger partial charge on any atom is 0.328 e. The number of amides is 2. The summed E-state index contributed by atoms with van der Waals surface area (Å²) in [5.41, 5.74) is 0.518. The second-order valence-corrected chi connectivity index (χ2v) is 11.7. The number of aliphatic carboxylic acids is 1. The summed E-state index contributed by atoms with van der Waals surface area (Å²) in [5, 5.41) is 11.9. The van der Waals surface area contributed by atoms with Crippen molar-refractivity contribution in [1.82, 2.24) is 4.98 Å². The predicted molar refractivity (Wildman–Crippen MR) is 128 cm³/mol. The first kappa shape index (κ1) is 25.4. The van der Waals surface area contributed by atoms with E-state index in [1.165, 1.54) is 28.5 Å². The molecule has 1 aromatic carbocycles. The van der Waals surface area contributed by atoms with Crippen LogP contribution < -0.4 is 10.2 Å². The van der Waals surface area contributed by atoms with Gasteiger partial charge in [-0.25, -0.2) is 18.6 Å². The van der Waals surface area contributed by atoms with Gasteiger partial charge in [-0.05, 0) is 55.1 Å². The number of hydrogen-bond acceptors (Lipinski definition) is 5. The number of nitrogens with one attached hydrogen (secondary N) is 1. The Morgan fingerprint density at radius 2 is 1.91 bits per heavy atom. The van der Waals surface area contributed by atoms with Crippen LogP contribution in [0.1, 0.15) is 46.5 Å². The highest BCUT2D eigenvalue weighted by Crippen LogP contribution is 2.40. The standard InChI is InChI=1S/C23H29F2N3O3S2/c1-23(2,3)15-6-4-14(5-7-15)12-28(16-8-9-17(24)18(25)10-16)22(31)27-21-26-11-20(33-21)32-13-19(29)30/h8-11,14-15H,4-7,12-13H2,1-3H3,(H,29,30)(H,26,27,31). The zero-order chi connectivity index (χ0) is 24.2. The molecule has 0 radical (unpaired) electrons. The number of carboxylic acid groups (broad SMARTS) is 1. The molecule has 1 aliphatic carbocycles. The highest BCUT2D eigenvalue weighted by atomic mass is 32.2. The maximum atomic E-state index is 13.9. The molecule has 1 fully saturated rings. The number of carboxylic acids is 1. The summed E-state index contributed by atoms with van der Waals surface area (Å²) in [4.78, 5) is 29.5. The van der Waals surface area contributed by atoms with Crippen molar-refractivity contribution < 1.29 is 23.5 Å². The highest BCUT2D eigenvalue weighted by molar-refractivity contribution is 8.01. The molecule has 1 heterocycles. The van der Waals surface area contributed by atoms with Crippen molar-refractivity contribution in [3.8, 4) is 0 Å². The van der Waals surface area contributed by atoms with Crippen molar-refractivity contribution in [2.75, 3.05) is 22.5 Å². The predicted octanol–water partition coefficient (Wildman–Crippen LogP) is 6.49. The molecular weight excluding hydrogens is 468 g/mol. The molecule has 0 spiro atoms. The SMILES string of the molecule is CC(C)(C)C1CCC(CN(C(=O)Nc2ncc(SCC(=O)O)s2)c2ccc(F)c(F)c2)CC1. The molecule has 6 nitrogen and oxygen atoms in total. The van der Waals surface area contributed by atoms with E-state index in [4.69, 9.17) is 5.11 Å². The van der Waals surface area contributed by atoms with Crippen molar-refractivity contribution in [2.45, 2.75) is 50.7 Å². The van der Waals surface area contributed by atoms with E-state index >= 15 is 0 Å². The average molecular weight is 498 g/mol. The van der Waals surface area contributed by atoms with Gasteiger partial charge in [-0.1, -0.05) is 32.1 Å². The third-order valence-electron chi connectivity index (χ3n) is 6.01. The summed E-state index contributed by atoms with van der Waals surface area (Å²) in [6, 6.07) is 2.97. The lowest BCUT2D eigenvalue weighted by Gasteiger charge is -2.38. The summed E-state index contributed by atoms with van der Waals surface area (Å²) in [6.07, 6.45) is 5.56. The lowest BCUT2D eigenvalue weighted by atomic mass is 9.70. The minimum atomic E-state index is -1.01. The maximum absolute atomic E-state index is 13.9. The Morgan fingerprint density at radius 3 is 2.52 bits per heavy atom. The minimum Gasteiger partial charge on any atom is -0.481 e. The smallest absolute Gasteiger partial charge is 0.328 e. The van der Waals surface area contributed by atoms with Gasteiger partial charge in [0.25, 0.3) is 0 Å². The van der Waals surface area contributed by atoms with Gasteiger partial charge >= 0.3 is 12.0 Å². The van der Waals surface area contributed by atoms with Crippen LogP contribution in [0.25, 0.3) is 0 Å². The van der Waals surface area contributed by atoms with Gasteiger partial charge in [0.05, 0.1) is 16.2 Å². The third-order valence-corrected chi connectivity index (χ3v) is 8.10. The van der Waals surface area contributed by atoms with Gasteiger partial charge in [0.1, 0.15) is 0 Å². The zero-order valence-electron chi connectivity index (χ0n) is 18.9. The fourth-order valence-corrected chi connectivity index (χ4v) is 5.69. The summed E-state index contributed by atoms with van der Waals surface area (Å²) in [6.45, 7) is 7.13. The van der Waals surface area contributed by atoms with Gasteiger partial charge in [-0.3, -0.25) is 15.0 Å². The Bertz CT molecular complexity index is 986. The van der Waals surface area contributed by atoms with E-state index in [-0.39, 0.29) is 22.8 Å². The van der Waals surface area contributed by atoms with Crippen molar-refractivity contribution >= 4 is 45.9 Å². The number of halogens is 2. The molecule has 1 saturated carbocycles. The van der Waals surface area contributed by atoms with E-state index in [0.29, 0.717) is 21.8 Å². The molecule has 2 aromatic rings. The molecule has 3 rings (SSSR count). The minimum absolute atomic E-state index is 0.103. The molecule has 33 heavy (non-hydrogen) atoms. The lowest BCUT2D eigenvalue weighted by molar-refractivity contribution is -0.133. The van der Waals surface area contributed by atoms with Gasteiger partial charge in [0.2, 0.25) is 0 Å². The number of nitrogens with zero attached hydrogens (tertiary/aromatic N) is 2. The first-order chi connectivity index (χ1) is 15.5. The van der Waals surface area contributed by atoms with E-state index in [1.54, 1.807) is 0 Å². The Kier molecular flexibility index (Phi) is 8.33. The fourth-order valence-electron chi connectivity index (χ4n) is 4.10. The number of anilines is 2. The third kappa shape index (κ3) is 7.14. The van der Waals surface area contributed by atoms with Crippen LogP contribution in [0.3, 0.4) is 0 Å². The number of benzene rings is 1. The Morgan fingerprint density at radius 1 is 1.21 bits per heavy atom. The molecule has 0 atom stereocenters. The van der Waals surface area contributed by atoms with Gasteiger partial charge in [0, 0.05) is 18.3 Å². The number of rotatable bonds is 7. The van der Waals surface area contributed by atoms with Gasteiger partial charge in [0.15, 0.2) is 16.8 Å². The van der Waals surface area contributed by atoms with Crippen molar-refractivity contribution in [1.29, 1.82) is 0 Å². The second-order valence-electron chi connectivity index (χ2n) is 9.39. The number of carbonyl (C=O) groups is 2. The monoisotopic (exact) mass is 497 g/mol. The molecule has 1 aliphatic rings. The van der Waals surface area contributed by atoms with Crippen molar-refractivity contribution in [3.05, 3.63) is 36.0 Å². The zero-order valence-corrected chi connectivity index (χ0v) is 20.6. The first-order valence-electron chi connectivity index (χ1n) is 10.9. The number of thioether (sulfide) groups is 1. The second kappa shape index (κ2) is 10.8. The van der Waals surface area contributed by atoms with Crippen molar-refractivity contribution in [2.24, 2.45) is 17.3 Å². The van der Waals surface area contributed by atoms with Crippen LogP contribution in [0.4, 0.5) is 24.4 Å². The van der Waals surface area contributed by atoms with Crippen LogP contribution >= 0.6 is 23.1 Å². The van der Waals surface area contributed by atoms with E-state index in [1.807, 2.05) is 0 Å². The van der Waals surface area contributed by atoms with Crippen LogP contribution in [-0.4, -0.2) is 34.4 Å². The largest absolute Gasteiger partial charge is 0.481 e. The average Bonchev–Trinajstić information content (AvgIpc) is 3.19. The summed E-state index contributed by atoms with van der Waals surface area (Å²) in [5.74, 6) is -2.15. The number of carbonyl (C=O) groups excluding carboxylic acids is 1. The van der Waals surface area contributed by atoms with E-state index in [0.717, 1.165) is 49.6 Å². The summed E-state index contributed by atoms with van der Waals surface area (Å²) < 4.78 is 28.1. The number of urea groups is 1. The normalized spacial score (nSPS) is 18.7. The van der Waals surface area contributed by atoms with Crippen LogP contribution in [-0.2, 0) is 4.79 Å². The topological polar surface area (TPSA) is 82.5 Å². The quantitative estimate of drug-likeness (QED) is 0.427.